The van der Waals surface area contributed by atoms with Crippen LogP contribution in [0.1, 0.15) is 22.8 Å². The highest BCUT2D eigenvalue weighted by atomic mass is 32.2. The van der Waals surface area contributed by atoms with Crippen molar-refractivity contribution in [3.05, 3.63) is 69.6 Å². The SMILES string of the molecule is CCOC(=O)c1c(SCc2ccc(OC)cc2)[nH]c2cc(F)ccc2c1=O. The first-order valence-corrected chi connectivity index (χ1v) is 9.30. The van der Waals surface area contributed by atoms with Crippen molar-refractivity contribution < 1.29 is 18.7 Å². The fourth-order valence-corrected chi connectivity index (χ4v) is 3.62. The first-order chi connectivity index (χ1) is 13.0. The van der Waals surface area contributed by atoms with Crippen LogP contribution in [0.25, 0.3) is 10.9 Å². The van der Waals surface area contributed by atoms with Crippen molar-refractivity contribution in [3.8, 4) is 5.75 Å². The highest BCUT2D eigenvalue weighted by molar-refractivity contribution is 7.98. The highest BCUT2D eigenvalue weighted by Crippen LogP contribution is 2.26. The Morgan fingerprint density at radius 3 is 2.59 bits per heavy atom. The minimum atomic E-state index is -0.692. The van der Waals surface area contributed by atoms with Gasteiger partial charge in [-0.1, -0.05) is 12.1 Å². The highest BCUT2D eigenvalue weighted by Gasteiger charge is 2.21. The number of thioether (sulfide) groups is 1. The molecule has 0 spiro atoms. The van der Waals surface area contributed by atoms with Crippen LogP contribution in [0, 0.1) is 5.82 Å². The largest absolute Gasteiger partial charge is 0.497 e. The molecule has 0 saturated heterocycles. The number of methoxy groups -OCH3 is 1. The maximum atomic E-state index is 13.6. The van der Waals surface area contributed by atoms with Gasteiger partial charge < -0.3 is 14.5 Å². The molecule has 27 heavy (non-hydrogen) atoms. The summed E-state index contributed by atoms with van der Waals surface area (Å²) >= 11 is 1.28. The van der Waals surface area contributed by atoms with E-state index in [1.54, 1.807) is 14.0 Å². The average molecular weight is 387 g/mol. The zero-order valence-electron chi connectivity index (χ0n) is 14.9. The van der Waals surface area contributed by atoms with Crippen molar-refractivity contribution in [2.75, 3.05) is 13.7 Å². The Kier molecular flexibility index (Phi) is 5.81. The zero-order chi connectivity index (χ0) is 19.4. The molecule has 1 aromatic heterocycles. The summed E-state index contributed by atoms with van der Waals surface area (Å²) in [4.78, 5) is 28.2. The van der Waals surface area contributed by atoms with Gasteiger partial charge in [0.25, 0.3) is 0 Å². The maximum absolute atomic E-state index is 13.6. The number of esters is 1. The Balaban J connectivity index is 2.01. The van der Waals surface area contributed by atoms with Gasteiger partial charge in [-0.2, -0.15) is 0 Å². The van der Waals surface area contributed by atoms with Gasteiger partial charge in [0.1, 0.15) is 17.1 Å². The van der Waals surface area contributed by atoms with E-state index >= 15 is 0 Å². The van der Waals surface area contributed by atoms with E-state index in [1.165, 1.54) is 30.0 Å². The Morgan fingerprint density at radius 2 is 1.93 bits per heavy atom. The first-order valence-electron chi connectivity index (χ1n) is 8.32. The number of H-pyrrole nitrogens is 1. The summed E-state index contributed by atoms with van der Waals surface area (Å²) in [6, 6.07) is 11.3. The van der Waals surface area contributed by atoms with Crippen LogP contribution in [0.2, 0.25) is 0 Å². The molecule has 0 saturated carbocycles. The molecule has 0 radical (unpaired) electrons. The number of fused-ring (bicyclic) bond motifs is 1. The van der Waals surface area contributed by atoms with Gasteiger partial charge in [0.05, 0.1) is 24.3 Å². The number of rotatable bonds is 6. The molecular formula is C20H18FNO4S. The molecule has 0 aliphatic heterocycles. The molecule has 5 nitrogen and oxygen atoms in total. The number of benzene rings is 2. The van der Waals surface area contributed by atoms with Gasteiger partial charge in [0, 0.05) is 11.1 Å². The van der Waals surface area contributed by atoms with Gasteiger partial charge in [-0.25, -0.2) is 9.18 Å². The molecule has 0 fully saturated rings. The van der Waals surface area contributed by atoms with Crippen molar-refractivity contribution in [3.63, 3.8) is 0 Å². The lowest BCUT2D eigenvalue weighted by Gasteiger charge is -2.11. The Labute approximate surface area is 159 Å². The Morgan fingerprint density at radius 1 is 1.19 bits per heavy atom. The molecule has 3 aromatic rings. The number of aromatic amines is 1. The Hall–Kier alpha value is -2.80. The molecule has 140 valence electrons. The van der Waals surface area contributed by atoms with Crippen LogP contribution in [0.3, 0.4) is 0 Å². The number of hydrogen-bond acceptors (Lipinski definition) is 5. The van der Waals surface area contributed by atoms with Gasteiger partial charge in [0.2, 0.25) is 5.43 Å². The third-order valence-corrected chi connectivity index (χ3v) is 5.02. The number of ether oxygens (including phenoxy) is 2. The standard InChI is InChI=1S/C20H18FNO4S/c1-3-26-20(24)17-18(23)15-9-6-13(21)10-16(15)22-19(17)27-11-12-4-7-14(25-2)8-5-12/h4-10H,3,11H2,1-2H3,(H,22,23). The summed E-state index contributed by atoms with van der Waals surface area (Å²) in [5.74, 6) is 0.0913. The molecule has 0 aliphatic rings. The fraction of sp³-hybridized carbons (Fsp3) is 0.200. The molecule has 0 amide bonds. The van der Waals surface area contributed by atoms with E-state index < -0.39 is 17.2 Å². The molecule has 2 aromatic carbocycles. The molecule has 0 aliphatic carbocycles. The fourth-order valence-electron chi connectivity index (χ4n) is 2.61. The van der Waals surface area contributed by atoms with Crippen molar-refractivity contribution in [1.82, 2.24) is 4.98 Å². The molecular weight excluding hydrogens is 369 g/mol. The van der Waals surface area contributed by atoms with Gasteiger partial charge in [-0.3, -0.25) is 4.79 Å². The lowest BCUT2D eigenvalue weighted by molar-refractivity contribution is 0.0520. The van der Waals surface area contributed by atoms with Crippen molar-refractivity contribution in [2.24, 2.45) is 0 Å². The number of nitrogens with one attached hydrogen (secondary N) is 1. The van der Waals surface area contributed by atoms with E-state index in [2.05, 4.69) is 4.98 Å². The van der Waals surface area contributed by atoms with Gasteiger partial charge >= 0.3 is 5.97 Å². The number of halogens is 1. The maximum Gasteiger partial charge on any atom is 0.344 e. The molecule has 3 rings (SSSR count). The first kappa shape index (κ1) is 19.0. The van der Waals surface area contributed by atoms with Gasteiger partial charge in [-0.15, -0.1) is 11.8 Å². The van der Waals surface area contributed by atoms with Crippen LogP contribution in [0.4, 0.5) is 4.39 Å². The molecule has 1 heterocycles. The van der Waals surface area contributed by atoms with Crippen LogP contribution in [0.15, 0.2) is 52.3 Å². The topological polar surface area (TPSA) is 68.4 Å². The number of carbonyl (C=O) groups is 1. The van der Waals surface area contributed by atoms with Gasteiger partial charge in [0.15, 0.2) is 0 Å². The van der Waals surface area contributed by atoms with Gasteiger partial charge in [-0.05, 0) is 42.8 Å². The Bertz CT molecular complexity index is 1030. The quantitative estimate of drug-likeness (QED) is 0.508. The molecule has 0 atom stereocenters. The second-order valence-corrected chi connectivity index (χ2v) is 6.69. The number of hydrogen-bond donors (Lipinski definition) is 1. The number of carbonyl (C=O) groups excluding carboxylic acids is 1. The minimum absolute atomic E-state index is 0.0607. The van der Waals surface area contributed by atoms with Crippen molar-refractivity contribution >= 4 is 28.6 Å². The van der Waals surface area contributed by atoms with Crippen LogP contribution in [-0.4, -0.2) is 24.7 Å². The summed E-state index contributed by atoms with van der Waals surface area (Å²) in [7, 11) is 1.59. The average Bonchev–Trinajstić information content (AvgIpc) is 2.66. The van der Waals surface area contributed by atoms with Crippen LogP contribution in [0.5, 0.6) is 5.75 Å². The molecule has 0 bridgehead atoms. The third-order valence-electron chi connectivity index (χ3n) is 3.95. The number of aromatic nitrogens is 1. The normalized spacial score (nSPS) is 10.8. The third kappa shape index (κ3) is 4.14. The number of pyridine rings is 1. The smallest absolute Gasteiger partial charge is 0.344 e. The van der Waals surface area contributed by atoms with Crippen LogP contribution < -0.4 is 10.2 Å². The summed E-state index contributed by atoms with van der Waals surface area (Å²) in [5.41, 5.74) is 0.787. The predicted octanol–water partition coefficient (Wildman–Crippen LogP) is 4.14. The lowest BCUT2D eigenvalue weighted by Crippen LogP contribution is -2.20. The lowest BCUT2D eigenvalue weighted by atomic mass is 10.1. The summed E-state index contributed by atoms with van der Waals surface area (Å²) in [5, 5.41) is 0.598. The van der Waals surface area contributed by atoms with E-state index in [0.29, 0.717) is 16.3 Å². The molecule has 1 N–H and O–H groups in total. The predicted molar refractivity (Wildman–Crippen MR) is 103 cm³/mol. The van der Waals surface area contributed by atoms with E-state index in [1.807, 2.05) is 24.3 Å². The van der Waals surface area contributed by atoms with E-state index in [4.69, 9.17) is 9.47 Å². The van der Waals surface area contributed by atoms with Crippen molar-refractivity contribution in [2.45, 2.75) is 17.7 Å². The summed E-state index contributed by atoms with van der Waals surface area (Å²) < 4.78 is 23.7. The van der Waals surface area contributed by atoms with Crippen LogP contribution in [-0.2, 0) is 10.5 Å². The summed E-state index contributed by atoms with van der Waals surface area (Å²) in [6.45, 7) is 1.83. The van der Waals surface area contributed by atoms with E-state index in [9.17, 15) is 14.0 Å². The second-order valence-electron chi connectivity index (χ2n) is 5.71. The molecule has 7 heteroatoms. The summed E-state index contributed by atoms with van der Waals surface area (Å²) in [6.07, 6.45) is 0. The second kappa shape index (κ2) is 8.26. The molecule has 0 unspecified atom stereocenters. The zero-order valence-corrected chi connectivity index (χ0v) is 15.7. The van der Waals surface area contributed by atoms with Crippen molar-refractivity contribution in [1.29, 1.82) is 0 Å². The minimum Gasteiger partial charge on any atom is -0.497 e. The monoisotopic (exact) mass is 387 g/mol. The van der Waals surface area contributed by atoms with E-state index in [0.717, 1.165) is 11.3 Å². The van der Waals surface area contributed by atoms with Crippen LogP contribution >= 0.6 is 11.8 Å². The van der Waals surface area contributed by atoms with E-state index in [-0.39, 0.29) is 17.6 Å².